The van der Waals surface area contributed by atoms with Gasteiger partial charge in [-0.15, -0.1) is 0 Å². The number of alkyl halides is 1. The molecule has 1 unspecified atom stereocenters. The van der Waals surface area contributed by atoms with Gasteiger partial charge in [-0.25, -0.2) is 4.39 Å². The molecule has 0 saturated heterocycles. The third kappa shape index (κ3) is 5.19. The van der Waals surface area contributed by atoms with E-state index in [1.807, 2.05) is 24.3 Å². The third-order valence-electron chi connectivity index (χ3n) is 5.06. The van der Waals surface area contributed by atoms with E-state index in [9.17, 15) is 18.8 Å². The van der Waals surface area contributed by atoms with Crippen molar-refractivity contribution in [1.29, 1.82) is 0 Å². The van der Waals surface area contributed by atoms with Gasteiger partial charge >= 0.3 is 5.97 Å². The molecule has 7 nitrogen and oxygen atoms in total. The lowest BCUT2D eigenvalue weighted by Gasteiger charge is -2.26. The molecule has 1 aromatic rings. The molecule has 0 saturated carbocycles. The summed E-state index contributed by atoms with van der Waals surface area (Å²) in [6, 6.07) is 6.35. The summed E-state index contributed by atoms with van der Waals surface area (Å²) in [7, 11) is 0. The number of Topliss-reactive ketones (excluding diaryl/α,β-unsaturated/α-hetero) is 1. The van der Waals surface area contributed by atoms with Crippen LogP contribution in [0.15, 0.2) is 29.4 Å². The number of carboxylic acids is 1. The highest BCUT2D eigenvalue weighted by molar-refractivity contribution is 6.06. The van der Waals surface area contributed by atoms with E-state index in [0.717, 1.165) is 11.1 Å². The summed E-state index contributed by atoms with van der Waals surface area (Å²) in [5.74, 6) is -2.99. The third-order valence-corrected chi connectivity index (χ3v) is 5.06. The standard InChI is InChI=1S/C21H27FN2O5/c1-5-21(19(28)23-15(10-18(26)27)17(25)12-22)11-16(24-29-21)13-6-8-14(9-7-13)20(2,3)4/h6-9,15H,5,10-12H2,1-4H3,(H,23,28)(H,26,27)/t15-,21?/m0/s1. The van der Waals surface area contributed by atoms with E-state index in [-0.39, 0.29) is 18.3 Å². The van der Waals surface area contributed by atoms with Crippen molar-refractivity contribution in [3.8, 4) is 0 Å². The molecule has 0 aliphatic carbocycles. The molecule has 1 aliphatic rings. The van der Waals surface area contributed by atoms with Crippen LogP contribution in [0.4, 0.5) is 4.39 Å². The second-order valence-corrected chi connectivity index (χ2v) is 8.21. The van der Waals surface area contributed by atoms with E-state index in [4.69, 9.17) is 9.94 Å². The number of ketones is 1. The maximum absolute atomic E-state index is 12.8. The van der Waals surface area contributed by atoms with Crippen molar-refractivity contribution in [2.24, 2.45) is 5.16 Å². The Morgan fingerprint density at radius 3 is 2.38 bits per heavy atom. The molecule has 1 aromatic carbocycles. The Bertz CT molecular complexity index is 813. The zero-order chi connectivity index (χ0) is 21.8. The van der Waals surface area contributed by atoms with E-state index >= 15 is 0 Å². The molecule has 0 aromatic heterocycles. The van der Waals surface area contributed by atoms with Gasteiger partial charge in [0.25, 0.3) is 5.91 Å². The number of oxime groups is 1. The monoisotopic (exact) mass is 406 g/mol. The quantitative estimate of drug-likeness (QED) is 0.691. The number of aliphatic carboxylic acids is 1. The molecule has 0 fully saturated rings. The first-order chi connectivity index (χ1) is 13.5. The minimum atomic E-state index is -1.45. The predicted octanol–water partition coefficient (Wildman–Crippen LogP) is 2.76. The van der Waals surface area contributed by atoms with Crippen molar-refractivity contribution in [3.63, 3.8) is 0 Å². The summed E-state index contributed by atoms with van der Waals surface area (Å²) in [4.78, 5) is 40.9. The fourth-order valence-electron chi connectivity index (χ4n) is 3.07. The summed E-state index contributed by atoms with van der Waals surface area (Å²) < 4.78 is 12.7. The number of nitrogens with zero attached hydrogens (tertiary/aromatic N) is 1. The summed E-state index contributed by atoms with van der Waals surface area (Å²) in [6.45, 7) is 6.69. The number of hydrogen-bond donors (Lipinski definition) is 2. The van der Waals surface area contributed by atoms with Crippen LogP contribution in [0.3, 0.4) is 0 Å². The van der Waals surface area contributed by atoms with Crippen molar-refractivity contribution in [2.45, 2.75) is 64.0 Å². The first-order valence-electron chi connectivity index (χ1n) is 9.50. The summed E-state index contributed by atoms with van der Waals surface area (Å²) in [5, 5.41) is 15.3. The van der Waals surface area contributed by atoms with E-state index in [1.54, 1.807) is 6.92 Å². The van der Waals surface area contributed by atoms with Gasteiger partial charge < -0.3 is 15.3 Å². The average molecular weight is 406 g/mol. The van der Waals surface area contributed by atoms with Crippen molar-refractivity contribution >= 4 is 23.4 Å². The number of hydrogen-bond acceptors (Lipinski definition) is 5. The van der Waals surface area contributed by atoms with Gasteiger partial charge in [0, 0.05) is 6.42 Å². The zero-order valence-electron chi connectivity index (χ0n) is 17.1. The van der Waals surface area contributed by atoms with Gasteiger partial charge in [0.15, 0.2) is 5.78 Å². The number of nitrogens with one attached hydrogen (secondary N) is 1. The Morgan fingerprint density at radius 1 is 1.28 bits per heavy atom. The fraction of sp³-hybridized carbons (Fsp3) is 0.524. The summed E-state index contributed by atoms with van der Waals surface area (Å²) in [5.41, 5.74) is 1.17. The molecule has 0 spiro atoms. The summed E-state index contributed by atoms with van der Waals surface area (Å²) in [6.07, 6.45) is -0.292. The molecule has 0 radical (unpaired) electrons. The van der Waals surface area contributed by atoms with Crippen molar-refractivity contribution in [2.75, 3.05) is 6.67 Å². The molecular weight excluding hydrogens is 379 g/mol. The number of carboxylic acid groups (broad SMARTS) is 1. The highest BCUT2D eigenvalue weighted by Gasteiger charge is 2.46. The van der Waals surface area contributed by atoms with Gasteiger partial charge in [-0.2, -0.15) is 0 Å². The molecule has 1 heterocycles. The normalized spacial score (nSPS) is 19.8. The van der Waals surface area contributed by atoms with E-state index in [0.29, 0.717) is 5.71 Å². The molecule has 158 valence electrons. The fourth-order valence-corrected chi connectivity index (χ4v) is 3.07. The Balaban J connectivity index is 2.16. The lowest BCUT2D eigenvalue weighted by Crippen LogP contribution is -2.53. The lowest BCUT2D eigenvalue weighted by molar-refractivity contribution is -0.148. The van der Waals surface area contributed by atoms with Gasteiger partial charge in [-0.3, -0.25) is 14.4 Å². The largest absolute Gasteiger partial charge is 0.481 e. The first kappa shape index (κ1) is 22.5. The van der Waals surface area contributed by atoms with E-state index in [1.165, 1.54) is 0 Å². The van der Waals surface area contributed by atoms with Crippen molar-refractivity contribution in [3.05, 3.63) is 35.4 Å². The van der Waals surface area contributed by atoms with Crippen molar-refractivity contribution in [1.82, 2.24) is 5.32 Å². The number of benzene rings is 1. The molecule has 2 atom stereocenters. The maximum Gasteiger partial charge on any atom is 0.305 e. The Morgan fingerprint density at radius 2 is 1.90 bits per heavy atom. The second-order valence-electron chi connectivity index (χ2n) is 8.21. The number of amides is 1. The molecular formula is C21H27FN2O5. The van der Waals surface area contributed by atoms with Crippen LogP contribution < -0.4 is 5.32 Å². The molecule has 1 aliphatic heterocycles. The molecule has 1 amide bonds. The van der Waals surface area contributed by atoms with Crippen LogP contribution in [-0.2, 0) is 24.6 Å². The van der Waals surface area contributed by atoms with E-state index < -0.39 is 42.4 Å². The first-order valence-corrected chi connectivity index (χ1v) is 9.50. The van der Waals surface area contributed by atoms with Crippen LogP contribution in [0.25, 0.3) is 0 Å². The Kier molecular flexibility index (Phi) is 6.77. The topological polar surface area (TPSA) is 105 Å². The van der Waals surface area contributed by atoms with Gasteiger partial charge in [0.1, 0.15) is 12.7 Å². The van der Waals surface area contributed by atoms with Crippen LogP contribution in [0.1, 0.15) is 58.1 Å². The second kappa shape index (κ2) is 8.71. The minimum Gasteiger partial charge on any atom is -0.481 e. The van der Waals surface area contributed by atoms with Gasteiger partial charge in [0.2, 0.25) is 5.60 Å². The number of halogens is 1. The molecule has 0 bridgehead atoms. The predicted molar refractivity (Wildman–Crippen MR) is 106 cm³/mol. The Hall–Kier alpha value is -2.77. The molecule has 29 heavy (non-hydrogen) atoms. The highest BCUT2D eigenvalue weighted by atomic mass is 19.1. The number of carbonyl (C=O) groups excluding carboxylic acids is 2. The molecule has 2 rings (SSSR count). The molecule has 8 heteroatoms. The van der Waals surface area contributed by atoms with Crippen LogP contribution in [-0.4, -0.2) is 46.8 Å². The lowest BCUT2D eigenvalue weighted by atomic mass is 9.85. The van der Waals surface area contributed by atoms with Crippen LogP contribution in [0, 0.1) is 0 Å². The maximum atomic E-state index is 12.8. The van der Waals surface area contributed by atoms with Crippen molar-refractivity contribution < 1.29 is 28.7 Å². The minimum absolute atomic E-state index is 0.00168. The number of carbonyl (C=O) groups is 3. The van der Waals surface area contributed by atoms with Gasteiger partial charge in [-0.05, 0) is 23.0 Å². The van der Waals surface area contributed by atoms with Crippen LogP contribution in [0.2, 0.25) is 0 Å². The smallest absolute Gasteiger partial charge is 0.305 e. The Labute approximate surface area is 169 Å². The van der Waals surface area contributed by atoms with Crippen LogP contribution >= 0.6 is 0 Å². The van der Waals surface area contributed by atoms with Gasteiger partial charge in [0.05, 0.1) is 12.1 Å². The highest BCUT2D eigenvalue weighted by Crippen LogP contribution is 2.31. The van der Waals surface area contributed by atoms with Gasteiger partial charge in [-0.1, -0.05) is 57.1 Å². The summed E-state index contributed by atoms with van der Waals surface area (Å²) >= 11 is 0. The average Bonchev–Trinajstić information content (AvgIpc) is 3.12. The van der Waals surface area contributed by atoms with E-state index in [2.05, 4.69) is 31.2 Å². The number of rotatable bonds is 8. The SMILES string of the molecule is CCC1(C(=O)N[C@@H](CC(=O)O)C(=O)CF)CC(c2ccc(C(C)(C)C)cc2)=NO1. The van der Waals surface area contributed by atoms with Crippen LogP contribution in [0.5, 0.6) is 0 Å². The zero-order valence-corrected chi connectivity index (χ0v) is 17.1. The molecule has 2 N–H and O–H groups in total.